The summed E-state index contributed by atoms with van der Waals surface area (Å²) in [4.78, 5) is 16.9. The SMILES string of the molecule is Cc1ccc(C)c(NC(=O)[C@H](c2ccccc2)[NH+]2CCN(c3ccccc3O)CC2)c1. The average Bonchev–Trinajstić information content (AvgIpc) is 2.78. The number of aromatic hydroxyl groups is 1. The highest BCUT2D eigenvalue weighted by molar-refractivity contribution is 5.95. The number of hydrogen-bond acceptors (Lipinski definition) is 3. The molecule has 0 aliphatic carbocycles. The molecule has 3 aromatic rings. The van der Waals surface area contributed by atoms with E-state index in [1.807, 2.05) is 74.5 Å². The summed E-state index contributed by atoms with van der Waals surface area (Å²) in [5.74, 6) is 0.323. The molecule has 1 fully saturated rings. The van der Waals surface area contributed by atoms with E-state index in [0.29, 0.717) is 5.75 Å². The van der Waals surface area contributed by atoms with E-state index < -0.39 is 0 Å². The number of nitrogens with one attached hydrogen (secondary N) is 2. The zero-order valence-corrected chi connectivity index (χ0v) is 18.1. The number of amides is 1. The lowest BCUT2D eigenvalue weighted by molar-refractivity contribution is -0.922. The Hall–Kier alpha value is -3.31. The molecular weight excluding hydrogens is 386 g/mol. The van der Waals surface area contributed by atoms with Gasteiger partial charge in [0.1, 0.15) is 5.75 Å². The summed E-state index contributed by atoms with van der Waals surface area (Å²) in [5, 5.41) is 13.4. The van der Waals surface area contributed by atoms with Gasteiger partial charge in [-0.15, -0.1) is 0 Å². The Bertz CT molecular complexity index is 1040. The summed E-state index contributed by atoms with van der Waals surface area (Å²) in [6.07, 6.45) is 0. The molecule has 0 bridgehead atoms. The molecule has 160 valence electrons. The molecule has 1 heterocycles. The summed E-state index contributed by atoms with van der Waals surface area (Å²) in [7, 11) is 0. The van der Waals surface area contributed by atoms with Gasteiger partial charge in [-0.2, -0.15) is 0 Å². The highest BCUT2D eigenvalue weighted by Crippen LogP contribution is 2.26. The smallest absolute Gasteiger partial charge is 0.287 e. The quantitative estimate of drug-likeness (QED) is 0.599. The molecule has 0 saturated carbocycles. The molecule has 1 saturated heterocycles. The second-order valence-electron chi connectivity index (χ2n) is 8.29. The normalized spacial score (nSPS) is 15.5. The summed E-state index contributed by atoms with van der Waals surface area (Å²) < 4.78 is 0. The van der Waals surface area contributed by atoms with E-state index in [1.165, 1.54) is 4.90 Å². The van der Waals surface area contributed by atoms with Crippen molar-refractivity contribution in [2.75, 3.05) is 36.4 Å². The van der Waals surface area contributed by atoms with Gasteiger partial charge in [0.25, 0.3) is 5.91 Å². The van der Waals surface area contributed by atoms with Crippen LogP contribution in [0.15, 0.2) is 72.8 Å². The number of carbonyl (C=O) groups is 1. The lowest BCUT2D eigenvalue weighted by atomic mass is 10.0. The first-order valence-corrected chi connectivity index (χ1v) is 10.8. The summed E-state index contributed by atoms with van der Waals surface area (Å²) >= 11 is 0. The third-order valence-corrected chi connectivity index (χ3v) is 6.08. The first-order valence-electron chi connectivity index (χ1n) is 10.8. The molecule has 31 heavy (non-hydrogen) atoms. The van der Waals surface area contributed by atoms with Crippen LogP contribution in [0.25, 0.3) is 0 Å². The van der Waals surface area contributed by atoms with E-state index in [9.17, 15) is 9.90 Å². The number of rotatable bonds is 5. The van der Waals surface area contributed by atoms with Crippen LogP contribution in [0.1, 0.15) is 22.7 Å². The average molecular weight is 417 g/mol. The molecule has 0 unspecified atom stereocenters. The Morgan fingerprint density at radius 3 is 2.35 bits per heavy atom. The van der Waals surface area contributed by atoms with Gasteiger partial charge in [-0.1, -0.05) is 54.6 Å². The first kappa shape index (κ1) is 20.9. The van der Waals surface area contributed by atoms with E-state index >= 15 is 0 Å². The van der Waals surface area contributed by atoms with Crippen LogP contribution >= 0.6 is 0 Å². The number of benzene rings is 3. The van der Waals surface area contributed by atoms with Crippen LogP contribution in [0.3, 0.4) is 0 Å². The van der Waals surface area contributed by atoms with Gasteiger partial charge in [-0.3, -0.25) is 4.79 Å². The topological polar surface area (TPSA) is 57.0 Å². The van der Waals surface area contributed by atoms with Gasteiger partial charge in [-0.05, 0) is 43.2 Å². The van der Waals surface area contributed by atoms with Crippen molar-refractivity contribution in [1.29, 1.82) is 0 Å². The monoisotopic (exact) mass is 416 g/mol. The maximum atomic E-state index is 13.5. The molecule has 3 N–H and O–H groups in total. The van der Waals surface area contributed by atoms with Crippen molar-refractivity contribution in [1.82, 2.24) is 0 Å². The Morgan fingerprint density at radius 1 is 0.968 bits per heavy atom. The van der Waals surface area contributed by atoms with Gasteiger partial charge >= 0.3 is 0 Å². The van der Waals surface area contributed by atoms with Crippen LogP contribution in [0.5, 0.6) is 5.75 Å². The van der Waals surface area contributed by atoms with Crippen molar-refractivity contribution in [3.63, 3.8) is 0 Å². The highest BCUT2D eigenvalue weighted by atomic mass is 16.3. The van der Waals surface area contributed by atoms with Crippen LogP contribution < -0.4 is 15.1 Å². The number of piperazine rings is 1. The van der Waals surface area contributed by atoms with Crippen LogP contribution in [-0.2, 0) is 4.79 Å². The van der Waals surface area contributed by atoms with Gasteiger partial charge in [0.15, 0.2) is 6.04 Å². The molecule has 0 aromatic heterocycles. The lowest BCUT2D eigenvalue weighted by Crippen LogP contribution is -3.16. The van der Waals surface area contributed by atoms with Gasteiger partial charge in [0.05, 0.1) is 31.9 Å². The molecule has 1 atom stereocenters. The highest BCUT2D eigenvalue weighted by Gasteiger charge is 2.34. The number of nitrogens with zero attached hydrogens (tertiary/aromatic N) is 1. The predicted octanol–water partition coefficient (Wildman–Crippen LogP) is 3.09. The number of hydrogen-bond donors (Lipinski definition) is 3. The maximum absolute atomic E-state index is 13.5. The van der Waals surface area contributed by atoms with Crippen molar-refractivity contribution >= 4 is 17.3 Å². The Morgan fingerprint density at radius 2 is 1.65 bits per heavy atom. The molecule has 4 rings (SSSR count). The third kappa shape index (κ3) is 4.72. The van der Waals surface area contributed by atoms with Crippen LogP contribution in [0.4, 0.5) is 11.4 Å². The molecule has 5 heteroatoms. The maximum Gasteiger partial charge on any atom is 0.287 e. The summed E-state index contributed by atoms with van der Waals surface area (Å²) in [6, 6.07) is 23.3. The minimum absolute atomic E-state index is 0.0194. The summed E-state index contributed by atoms with van der Waals surface area (Å²) in [5.41, 5.74) is 4.94. The van der Waals surface area contributed by atoms with E-state index in [1.54, 1.807) is 6.07 Å². The van der Waals surface area contributed by atoms with Crippen molar-refractivity contribution in [3.8, 4) is 5.75 Å². The zero-order valence-electron chi connectivity index (χ0n) is 18.1. The van der Waals surface area contributed by atoms with Crippen molar-refractivity contribution in [2.24, 2.45) is 0 Å². The largest absolute Gasteiger partial charge is 0.506 e. The van der Waals surface area contributed by atoms with E-state index in [4.69, 9.17) is 0 Å². The standard InChI is InChI=1S/C26H29N3O2/c1-19-12-13-20(2)22(18-19)27-26(31)25(21-8-4-3-5-9-21)29-16-14-28(15-17-29)23-10-6-7-11-24(23)30/h3-13,18,25,30H,14-17H2,1-2H3,(H,27,31)/p+1/t25-/m0/s1. The summed E-state index contributed by atoms with van der Waals surface area (Å²) in [6.45, 7) is 7.25. The lowest BCUT2D eigenvalue weighted by Gasteiger charge is -2.37. The number of anilines is 2. The number of aryl methyl sites for hydroxylation is 2. The van der Waals surface area contributed by atoms with Gasteiger partial charge in [0.2, 0.25) is 0 Å². The predicted molar refractivity (Wildman–Crippen MR) is 125 cm³/mol. The van der Waals surface area contributed by atoms with Gasteiger partial charge in [-0.25, -0.2) is 0 Å². The fraction of sp³-hybridized carbons (Fsp3) is 0.269. The van der Waals surface area contributed by atoms with Crippen LogP contribution in [0, 0.1) is 13.8 Å². The molecule has 3 aromatic carbocycles. The minimum atomic E-state index is -0.285. The fourth-order valence-corrected chi connectivity index (χ4v) is 4.35. The molecule has 0 spiro atoms. The molecule has 0 radical (unpaired) electrons. The molecule has 1 aliphatic rings. The van der Waals surface area contributed by atoms with E-state index in [-0.39, 0.29) is 11.9 Å². The van der Waals surface area contributed by atoms with Crippen molar-refractivity contribution in [3.05, 3.63) is 89.5 Å². The van der Waals surface area contributed by atoms with Crippen molar-refractivity contribution < 1.29 is 14.8 Å². The number of para-hydroxylation sites is 2. The second-order valence-corrected chi connectivity index (χ2v) is 8.29. The molecule has 5 nitrogen and oxygen atoms in total. The van der Waals surface area contributed by atoms with Crippen LogP contribution in [-0.4, -0.2) is 37.2 Å². The van der Waals surface area contributed by atoms with Crippen molar-refractivity contribution in [2.45, 2.75) is 19.9 Å². The molecule has 1 amide bonds. The Balaban J connectivity index is 1.54. The zero-order chi connectivity index (χ0) is 21.8. The van der Waals surface area contributed by atoms with Crippen LogP contribution in [0.2, 0.25) is 0 Å². The number of phenolic OH excluding ortho intramolecular Hbond substituents is 1. The third-order valence-electron chi connectivity index (χ3n) is 6.08. The van der Waals surface area contributed by atoms with E-state index in [2.05, 4.69) is 16.3 Å². The van der Waals surface area contributed by atoms with Gasteiger partial charge in [0, 0.05) is 11.3 Å². The minimum Gasteiger partial charge on any atom is -0.506 e. The Labute approximate surface area is 183 Å². The first-order chi connectivity index (χ1) is 15.0. The fourth-order valence-electron chi connectivity index (χ4n) is 4.35. The molecular formula is C26H30N3O2+. The number of phenols is 1. The Kier molecular flexibility index (Phi) is 6.23. The number of carbonyl (C=O) groups excluding carboxylic acids is 1. The molecule has 1 aliphatic heterocycles. The second kappa shape index (κ2) is 9.23. The van der Waals surface area contributed by atoms with E-state index in [0.717, 1.165) is 54.2 Å². The van der Waals surface area contributed by atoms with Gasteiger partial charge < -0.3 is 20.2 Å². The number of quaternary nitrogens is 1.